The summed E-state index contributed by atoms with van der Waals surface area (Å²) < 4.78 is 5.99. The van der Waals surface area contributed by atoms with E-state index in [4.69, 9.17) is 10.2 Å². The standard InChI is InChI=1S/C14H21BrNO2Si/c1-14(2,3)11-9(8-15)6-7-10(13(16)17)12(11)18-19(4)5/h6-7H,8H2,1-5H3,(H2,16,17). The van der Waals surface area contributed by atoms with Gasteiger partial charge in [-0.05, 0) is 30.1 Å². The van der Waals surface area contributed by atoms with Crippen molar-refractivity contribution in [2.45, 2.75) is 44.6 Å². The van der Waals surface area contributed by atoms with E-state index < -0.39 is 14.9 Å². The van der Waals surface area contributed by atoms with E-state index in [2.05, 4.69) is 36.7 Å². The number of primary amides is 1. The van der Waals surface area contributed by atoms with Gasteiger partial charge in [0.2, 0.25) is 0 Å². The summed E-state index contributed by atoms with van der Waals surface area (Å²) in [5.41, 5.74) is 8.03. The van der Waals surface area contributed by atoms with Crippen LogP contribution in [0.3, 0.4) is 0 Å². The molecule has 5 heteroatoms. The number of rotatable bonds is 4. The number of benzene rings is 1. The zero-order valence-electron chi connectivity index (χ0n) is 12.1. The van der Waals surface area contributed by atoms with E-state index in [9.17, 15) is 4.79 Å². The molecule has 0 aliphatic rings. The Labute approximate surface area is 125 Å². The van der Waals surface area contributed by atoms with Crippen molar-refractivity contribution >= 4 is 30.9 Å². The van der Waals surface area contributed by atoms with E-state index in [0.717, 1.165) is 16.5 Å². The fraction of sp³-hybridized carbons (Fsp3) is 0.500. The Morgan fingerprint density at radius 1 is 1.37 bits per heavy atom. The largest absolute Gasteiger partial charge is 0.542 e. The van der Waals surface area contributed by atoms with Gasteiger partial charge in [-0.2, -0.15) is 0 Å². The normalized spacial score (nSPS) is 11.7. The van der Waals surface area contributed by atoms with Crippen LogP contribution in [0.5, 0.6) is 5.75 Å². The molecule has 0 saturated heterocycles. The molecular formula is C14H21BrNO2Si. The number of hydrogen-bond acceptors (Lipinski definition) is 2. The van der Waals surface area contributed by atoms with Gasteiger partial charge in [0.25, 0.3) is 14.9 Å². The molecule has 1 radical (unpaired) electrons. The molecule has 0 fully saturated rings. The number of hydrogen-bond donors (Lipinski definition) is 1. The molecule has 0 saturated carbocycles. The Hall–Kier alpha value is -0.813. The lowest BCUT2D eigenvalue weighted by molar-refractivity contribution is 0.0998. The first kappa shape index (κ1) is 16.2. The van der Waals surface area contributed by atoms with Gasteiger partial charge >= 0.3 is 0 Å². The van der Waals surface area contributed by atoms with Crippen molar-refractivity contribution in [2.75, 3.05) is 0 Å². The molecule has 2 N–H and O–H groups in total. The lowest BCUT2D eigenvalue weighted by atomic mass is 9.82. The van der Waals surface area contributed by atoms with Gasteiger partial charge in [0.05, 0.1) is 5.56 Å². The molecule has 0 heterocycles. The number of carbonyl (C=O) groups is 1. The minimum atomic E-state index is -0.971. The van der Waals surface area contributed by atoms with Gasteiger partial charge in [-0.1, -0.05) is 42.8 Å². The van der Waals surface area contributed by atoms with Gasteiger partial charge in [0.15, 0.2) is 0 Å². The number of halogens is 1. The maximum Gasteiger partial charge on any atom is 0.274 e. The van der Waals surface area contributed by atoms with Gasteiger partial charge in [-0.15, -0.1) is 0 Å². The molecule has 0 aliphatic carbocycles. The number of amides is 1. The van der Waals surface area contributed by atoms with Crippen LogP contribution in [0.15, 0.2) is 12.1 Å². The number of carbonyl (C=O) groups excluding carboxylic acids is 1. The molecule has 0 unspecified atom stereocenters. The summed E-state index contributed by atoms with van der Waals surface area (Å²) in [6.07, 6.45) is 0. The van der Waals surface area contributed by atoms with Crippen molar-refractivity contribution in [3.63, 3.8) is 0 Å². The fourth-order valence-corrected chi connectivity index (χ4v) is 3.15. The highest BCUT2D eigenvalue weighted by atomic mass is 79.9. The summed E-state index contributed by atoms with van der Waals surface area (Å²) in [4.78, 5) is 11.6. The SMILES string of the molecule is C[Si](C)Oc1c(C(N)=O)ccc(CBr)c1C(C)(C)C. The third-order valence-electron chi connectivity index (χ3n) is 2.71. The fourth-order valence-electron chi connectivity index (χ4n) is 2.06. The Morgan fingerprint density at radius 3 is 2.32 bits per heavy atom. The van der Waals surface area contributed by atoms with Crippen LogP contribution in [-0.4, -0.2) is 14.9 Å². The maximum atomic E-state index is 11.6. The first-order chi connectivity index (χ1) is 8.68. The summed E-state index contributed by atoms with van der Waals surface area (Å²) in [7, 11) is -0.971. The Bertz CT molecular complexity index is 481. The molecule has 3 nitrogen and oxygen atoms in total. The second-order valence-corrected chi connectivity index (χ2v) is 8.32. The van der Waals surface area contributed by atoms with Crippen molar-refractivity contribution in [3.8, 4) is 5.75 Å². The lowest BCUT2D eigenvalue weighted by Gasteiger charge is -2.28. The van der Waals surface area contributed by atoms with Crippen LogP contribution >= 0.6 is 15.9 Å². The van der Waals surface area contributed by atoms with Crippen molar-refractivity contribution in [3.05, 3.63) is 28.8 Å². The third-order valence-corrected chi connectivity index (χ3v) is 3.93. The summed E-state index contributed by atoms with van der Waals surface area (Å²) in [5, 5.41) is 0.727. The van der Waals surface area contributed by atoms with E-state index in [1.165, 1.54) is 0 Å². The van der Waals surface area contributed by atoms with Crippen LogP contribution in [-0.2, 0) is 10.7 Å². The predicted molar refractivity (Wildman–Crippen MR) is 84.4 cm³/mol. The van der Waals surface area contributed by atoms with Gasteiger partial charge < -0.3 is 10.2 Å². The van der Waals surface area contributed by atoms with E-state index in [0.29, 0.717) is 11.3 Å². The molecule has 0 aliphatic heterocycles. The van der Waals surface area contributed by atoms with Crippen LogP contribution in [0, 0.1) is 0 Å². The average Bonchev–Trinajstić information content (AvgIpc) is 2.25. The van der Waals surface area contributed by atoms with E-state index in [1.807, 2.05) is 19.2 Å². The number of nitrogens with two attached hydrogens (primary N) is 1. The molecule has 1 aromatic rings. The number of alkyl halides is 1. The van der Waals surface area contributed by atoms with Gasteiger partial charge in [0.1, 0.15) is 5.75 Å². The first-order valence-electron chi connectivity index (χ1n) is 6.18. The van der Waals surface area contributed by atoms with Crippen LogP contribution in [0.2, 0.25) is 13.1 Å². The van der Waals surface area contributed by atoms with E-state index in [-0.39, 0.29) is 5.41 Å². The second-order valence-electron chi connectivity index (χ2n) is 5.73. The highest BCUT2D eigenvalue weighted by molar-refractivity contribution is 9.08. The van der Waals surface area contributed by atoms with Gasteiger partial charge in [-0.3, -0.25) is 4.79 Å². The molecular weight excluding hydrogens is 322 g/mol. The van der Waals surface area contributed by atoms with Crippen molar-refractivity contribution < 1.29 is 9.22 Å². The smallest absolute Gasteiger partial charge is 0.274 e. The quantitative estimate of drug-likeness (QED) is 0.671. The zero-order valence-corrected chi connectivity index (χ0v) is 14.7. The van der Waals surface area contributed by atoms with Crippen LogP contribution in [0.4, 0.5) is 0 Å². The predicted octanol–water partition coefficient (Wildman–Crippen LogP) is 3.61. The molecule has 0 spiro atoms. The first-order valence-corrected chi connectivity index (χ1v) is 9.71. The Kier molecular flexibility index (Phi) is 5.21. The highest BCUT2D eigenvalue weighted by Crippen LogP contribution is 2.38. The van der Waals surface area contributed by atoms with Gasteiger partial charge in [0, 0.05) is 10.9 Å². The zero-order chi connectivity index (χ0) is 14.8. The molecule has 0 bridgehead atoms. The monoisotopic (exact) mass is 342 g/mol. The molecule has 19 heavy (non-hydrogen) atoms. The minimum Gasteiger partial charge on any atom is -0.542 e. The third kappa shape index (κ3) is 3.83. The lowest BCUT2D eigenvalue weighted by Crippen LogP contribution is -2.24. The van der Waals surface area contributed by atoms with Crippen LogP contribution in [0.1, 0.15) is 42.3 Å². The second kappa shape index (κ2) is 6.09. The van der Waals surface area contributed by atoms with Crippen molar-refractivity contribution in [1.29, 1.82) is 0 Å². The topological polar surface area (TPSA) is 52.3 Å². The molecule has 1 rings (SSSR count). The van der Waals surface area contributed by atoms with E-state index >= 15 is 0 Å². The van der Waals surface area contributed by atoms with Crippen molar-refractivity contribution in [1.82, 2.24) is 0 Å². The highest BCUT2D eigenvalue weighted by Gasteiger charge is 2.27. The van der Waals surface area contributed by atoms with Gasteiger partial charge in [-0.25, -0.2) is 0 Å². The Balaban J connectivity index is 3.61. The molecule has 0 atom stereocenters. The van der Waals surface area contributed by atoms with Crippen LogP contribution in [0.25, 0.3) is 0 Å². The summed E-state index contributed by atoms with van der Waals surface area (Å²) >= 11 is 3.50. The maximum absolute atomic E-state index is 11.6. The summed E-state index contributed by atoms with van der Waals surface area (Å²) in [6.45, 7) is 10.4. The molecule has 105 valence electrons. The average molecular weight is 343 g/mol. The molecule has 1 amide bonds. The van der Waals surface area contributed by atoms with E-state index in [1.54, 1.807) is 6.07 Å². The molecule has 0 aromatic heterocycles. The summed E-state index contributed by atoms with van der Waals surface area (Å²) in [5.74, 6) is 0.223. The minimum absolute atomic E-state index is 0.110. The van der Waals surface area contributed by atoms with Crippen molar-refractivity contribution in [2.24, 2.45) is 5.73 Å². The van der Waals surface area contributed by atoms with Crippen LogP contribution < -0.4 is 10.2 Å². The molecule has 1 aromatic carbocycles. The Morgan fingerprint density at radius 2 is 1.95 bits per heavy atom. The summed E-state index contributed by atoms with van der Waals surface area (Å²) in [6, 6.07) is 3.70.